The van der Waals surface area contributed by atoms with E-state index in [0.29, 0.717) is 12.1 Å². The summed E-state index contributed by atoms with van der Waals surface area (Å²) in [4.78, 5) is 23.3. The third-order valence-corrected chi connectivity index (χ3v) is 3.55. The van der Waals surface area contributed by atoms with E-state index in [2.05, 4.69) is 10.6 Å². The SMILES string of the molecule is CC(=O)Nc1cccc(CNC(=O)c2cccc(C)c2C)c1. The van der Waals surface area contributed by atoms with E-state index in [-0.39, 0.29) is 11.8 Å². The molecule has 0 fully saturated rings. The molecule has 0 radical (unpaired) electrons. The normalized spacial score (nSPS) is 10.1. The van der Waals surface area contributed by atoms with Crippen molar-refractivity contribution in [3.05, 3.63) is 64.7 Å². The van der Waals surface area contributed by atoms with Crippen LogP contribution in [0.15, 0.2) is 42.5 Å². The predicted octanol–water partition coefficient (Wildman–Crippen LogP) is 3.19. The Morgan fingerprint density at radius 1 is 1.05 bits per heavy atom. The zero-order valence-corrected chi connectivity index (χ0v) is 13.1. The van der Waals surface area contributed by atoms with Gasteiger partial charge < -0.3 is 10.6 Å². The second kappa shape index (κ2) is 6.89. The molecule has 2 N–H and O–H groups in total. The molecule has 2 aromatic rings. The summed E-state index contributed by atoms with van der Waals surface area (Å²) < 4.78 is 0. The third kappa shape index (κ3) is 3.95. The number of nitrogens with one attached hydrogen (secondary N) is 2. The minimum atomic E-state index is -0.114. The van der Waals surface area contributed by atoms with Crippen molar-refractivity contribution in [2.75, 3.05) is 5.32 Å². The van der Waals surface area contributed by atoms with Crippen molar-refractivity contribution < 1.29 is 9.59 Å². The predicted molar refractivity (Wildman–Crippen MR) is 87.8 cm³/mol. The van der Waals surface area contributed by atoms with Crippen LogP contribution in [0.3, 0.4) is 0 Å². The van der Waals surface area contributed by atoms with Gasteiger partial charge in [0.25, 0.3) is 5.91 Å². The molecule has 0 aromatic heterocycles. The number of benzene rings is 2. The van der Waals surface area contributed by atoms with Gasteiger partial charge in [-0.05, 0) is 48.7 Å². The molecule has 0 atom stereocenters. The molecule has 0 bridgehead atoms. The first-order chi connectivity index (χ1) is 10.5. The lowest BCUT2D eigenvalue weighted by molar-refractivity contribution is -0.114. The standard InChI is InChI=1S/C18H20N2O2/c1-12-6-4-9-17(13(12)2)18(22)19-11-15-7-5-8-16(10-15)20-14(3)21/h4-10H,11H2,1-3H3,(H,19,22)(H,20,21). The van der Waals surface area contributed by atoms with Gasteiger partial charge >= 0.3 is 0 Å². The Kier molecular flexibility index (Phi) is 4.94. The van der Waals surface area contributed by atoms with Crippen LogP contribution in [0.2, 0.25) is 0 Å². The Balaban J connectivity index is 2.05. The van der Waals surface area contributed by atoms with Crippen molar-refractivity contribution in [2.45, 2.75) is 27.3 Å². The van der Waals surface area contributed by atoms with Crippen LogP contribution in [-0.2, 0) is 11.3 Å². The van der Waals surface area contributed by atoms with E-state index >= 15 is 0 Å². The van der Waals surface area contributed by atoms with Crippen LogP contribution in [0.1, 0.15) is 34.0 Å². The average molecular weight is 296 g/mol. The molecule has 22 heavy (non-hydrogen) atoms. The monoisotopic (exact) mass is 296 g/mol. The number of carbonyl (C=O) groups excluding carboxylic acids is 2. The lowest BCUT2D eigenvalue weighted by Crippen LogP contribution is -2.23. The molecular weight excluding hydrogens is 276 g/mol. The first-order valence-corrected chi connectivity index (χ1v) is 7.18. The maximum Gasteiger partial charge on any atom is 0.251 e. The van der Waals surface area contributed by atoms with Gasteiger partial charge in [0.1, 0.15) is 0 Å². The lowest BCUT2D eigenvalue weighted by Gasteiger charge is -2.10. The topological polar surface area (TPSA) is 58.2 Å². The highest BCUT2D eigenvalue weighted by Gasteiger charge is 2.09. The Morgan fingerprint density at radius 2 is 1.77 bits per heavy atom. The van der Waals surface area contributed by atoms with E-state index in [1.165, 1.54) is 6.92 Å². The van der Waals surface area contributed by atoms with Gasteiger partial charge in [-0.15, -0.1) is 0 Å². The molecule has 0 aliphatic rings. The van der Waals surface area contributed by atoms with Crippen molar-refractivity contribution in [2.24, 2.45) is 0 Å². The fourth-order valence-corrected chi connectivity index (χ4v) is 2.24. The molecule has 0 heterocycles. The molecule has 2 aromatic carbocycles. The van der Waals surface area contributed by atoms with E-state index in [1.807, 2.05) is 56.3 Å². The van der Waals surface area contributed by atoms with Crippen molar-refractivity contribution in [3.63, 3.8) is 0 Å². The Hall–Kier alpha value is -2.62. The fourth-order valence-electron chi connectivity index (χ4n) is 2.24. The molecule has 2 amide bonds. The van der Waals surface area contributed by atoms with Crippen LogP contribution in [0, 0.1) is 13.8 Å². The summed E-state index contributed by atoms with van der Waals surface area (Å²) >= 11 is 0. The van der Waals surface area contributed by atoms with Gasteiger partial charge in [0.05, 0.1) is 0 Å². The minimum Gasteiger partial charge on any atom is -0.348 e. The smallest absolute Gasteiger partial charge is 0.251 e. The van der Waals surface area contributed by atoms with Crippen LogP contribution in [0.25, 0.3) is 0 Å². The molecule has 4 nitrogen and oxygen atoms in total. The third-order valence-electron chi connectivity index (χ3n) is 3.55. The first-order valence-electron chi connectivity index (χ1n) is 7.18. The van der Waals surface area contributed by atoms with Gasteiger partial charge in [-0.3, -0.25) is 9.59 Å². The summed E-state index contributed by atoms with van der Waals surface area (Å²) in [6, 6.07) is 13.1. The number of hydrogen-bond donors (Lipinski definition) is 2. The molecule has 114 valence electrons. The summed E-state index contributed by atoms with van der Waals surface area (Å²) in [5.74, 6) is -0.206. The van der Waals surface area contributed by atoms with Gasteiger partial charge in [0, 0.05) is 24.7 Å². The Bertz CT molecular complexity index is 708. The van der Waals surface area contributed by atoms with Crippen LogP contribution >= 0.6 is 0 Å². The van der Waals surface area contributed by atoms with E-state index in [4.69, 9.17) is 0 Å². The molecular formula is C18H20N2O2. The summed E-state index contributed by atoms with van der Waals surface area (Å²) in [5.41, 5.74) is 4.45. The van der Waals surface area contributed by atoms with Crippen LogP contribution in [0.4, 0.5) is 5.69 Å². The number of amides is 2. The second-order valence-corrected chi connectivity index (χ2v) is 5.31. The van der Waals surface area contributed by atoms with Gasteiger partial charge in [0.15, 0.2) is 0 Å². The first kappa shape index (κ1) is 15.8. The Morgan fingerprint density at radius 3 is 2.50 bits per heavy atom. The van der Waals surface area contributed by atoms with E-state index in [1.54, 1.807) is 0 Å². The zero-order valence-electron chi connectivity index (χ0n) is 13.1. The van der Waals surface area contributed by atoms with Crippen LogP contribution < -0.4 is 10.6 Å². The van der Waals surface area contributed by atoms with Crippen LogP contribution in [0.5, 0.6) is 0 Å². The number of rotatable bonds is 4. The summed E-state index contributed by atoms with van der Waals surface area (Å²) in [6.45, 7) is 5.82. The maximum atomic E-state index is 12.3. The lowest BCUT2D eigenvalue weighted by atomic mass is 10.0. The molecule has 0 unspecified atom stereocenters. The van der Waals surface area contributed by atoms with Gasteiger partial charge in [-0.1, -0.05) is 24.3 Å². The summed E-state index contributed by atoms with van der Waals surface area (Å²) in [7, 11) is 0. The number of aryl methyl sites for hydroxylation is 1. The largest absolute Gasteiger partial charge is 0.348 e. The van der Waals surface area contributed by atoms with E-state index < -0.39 is 0 Å². The molecule has 0 aliphatic carbocycles. The quantitative estimate of drug-likeness (QED) is 0.910. The van der Waals surface area contributed by atoms with Gasteiger partial charge in [0.2, 0.25) is 5.91 Å². The molecule has 0 saturated heterocycles. The zero-order chi connectivity index (χ0) is 16.1. The van der Waals surface area contributed by atoms with Crippen LogP contribution in [-0.4, -0.2) is 11.8 Å². The Labute approximate surface area is 130 Å². The average Bonchev–Trinajstić information content (AvgIpc) is 2.47. The van der Waals surface area contributed by atoms with Crippen molar-refractivity contribution in [3.8, 4) is 0 Å². The van der Waals surface area contributed by atoms with Crippen molar-refractivity contribution in [1.82, 2.24) is 5.32 Å². The van der Waals surface area contributed by atoms with Gasteiger partial charge in [-0.2, -0.15) is 0 Å². The van der Waals surface area contributed by atoms with Crippen molar-refractivity contribution >= 4 is 17.5 Å². The summed E-state index contributed by atoms with van der Waals surface area (Å²) in [5, 5.41) is 5.64. The number of carbonyl (C=O) groups is 2. The minimum absolute atomic E-state index is 0.0915. The highest BCUT2D eigenvalue weighted by Crippen LogP contribution is 2.14. The molecule has 2 rings (SSSR count). The molecule has 0 saturated carbocycles. The second-order valence-electron chi connectivity index (χ2n) is 5.31. The maximum absolute atomic E-state index is 12.3. The van der Waals surface area contributed by atoms with Crippen molar-refractivity contribution in [1.29, 1.82) is 0 Å². The molecule has 0 spiro atoms. The van der Waals surface area contributed by atoms with E-state index in [0.717, 1.165) is 22.4 Å². The number of anilines is 1. The highest BCUT2D eigenvalue weighted by atomic mass is 16.2. The summed E-state index contributed by atoms with van der Waals surface area (Å²) in [6.07, 6.45) is 0. The molecule has 4 heteroatoms. The van der Waals surface area contributed by atoms with E-state index in [9.17, 15) is 9.59 Å². The van der Waals surface area contributed by atoms with Gasteiger partial charge in [-0.25, -0.2) is 0 Å². The molecule has 0 aliphatic heterocycles. The highest BCUT2D eigenvalue weighted by molar-refractivity contribution is 5.95. The fraction of sp³-hybridized carbons (Fsp3) is 0.222. The number of hydrogen-bond acceptors (Lipinski definition) is 2.